The van der Waals surface area contributed by atoms with E-state index in [9.17, 15) is 0 Å². The van der Waals surface area contributed by atoms with Crippen molar-refractivity contribution in [1.29, 1.82) is 0 Å². The maximum atomic E-state index is 2.55. The summed E-state index contributed by atoms with van der Waals surface area (Å²) >= 11 is -1.64. The van der Waals surface area contributed by atoms with Crippen molar-refractivity contribution in [3.63, 3.8) is 0 Å². The van der Waals surface area contributed by atoms with Gasteiger partial charge in [-0.2, -0.15) is 0 Å². The fourth-order valence-corrected chi connectivity index (χ4v) is 10.6. The van der Waals surface area contributed by atoms with E-state index in [4.69, 9.17) is 0 Å². The van der Waals surface area contributed by atoms with Crippen LogP contribution in [0.25, 0.3) is 0 Å². The van der Waals surface area contributed by atoms with Gasteiger partial charge in [0.05, 0.1) is 0 Å². The average Bonchev–Trinajstić information content (AvgIpc) is 2.97. The summed E-state index contributed by atoms with van der Waals surface area (Å²) in [4.78, 5) is 0. The molecule has 0 heterocycles. The van der Waals surface area contributed by atoms with E-state index in [0.717, 1.165) is 0 Å². The molecule has 19 heavy (non-hydrogen) atoms. The van der Waals surface area contributed by atoms with Gasteiger partial charge in [0.15, 0.2) is 0 Å². The van der Waals surface area contributed by atoms with Crippen LogP contribution in [-0.4, -0.2) is 3.21 Å². The Balaban J connectivity index is 2.16. The molecule has 0 N–H and O–H groups in total. The number of rotatable bonds is 5. The fraction of sp³-hybridized carbons (Fsp3) is 0.500. The van der Waals surface area contributed by atoms with Gasteiger partial charge < -0.3 is 0 Å². The van der Waals surface area contributed by atoms with Crippen LogP contribution in [0.2, 0.25) is 0 Å². The second-order valence-corrected chi connectivity index (χ2v) is 13.4. The third kappa shape index (κ3) is 3.63. The van der Waals surface area contributed by atoms with Gasteiger partial charge in [0.1, 0.15) is 0 Å². The van der Waals surface area contributed by atoms with Crippen LogP contribution in [0.3, 0.4) is 0 Å². The Morgan fingerprint density at radius 2 is 2.05 bits per heavy atom. The Hall–Kier alpha value is -0.287. The molecule has 0 amide bonds. The Kier molecular flexibility index (Phi) is 5.51. The molecule has 0 aromatic heterocycles. The first-order valence-electron chi connectivity index (χ1n) is 7.56. The summed E-state index contributed by atoms with van der Waals surface area (Å²) < 4.78 is 5.33. The summed E-state index contributed by atoms with van der Waals surface area (Å²) in [6.45, 7) is 9.35. The summed E-state index contributed by atoms with van der Waals surface area (Å²) in [5.74, 6) is 0. The minimum atomic E-state index is -1.64. The first-order valence-corrected chi connectivity index (χ1v) is 11.2. The first kappa shape index (κ1) is 15.1. The van der Waals surface area contributed by atoms with Crippen molar-refractivity contribution in [3.8, 4) is 0 Å². The van der Waals surface area contributed by atoms with E-state index in [1.54, 1.807) is 17.6 Å². The van der Waals surface area contributed by atoms with Crippen LogP contribution in [0.4, 0.5) is 0 Å². The van der Waals surface area contributed by atoms with Crippen LogP contribution in [-0.2, 0) is 21.3 Å². The molecule has 2 rings (SSSR count). The zero-order valence-electron chi connectivity index (χ0n) is 12.8. The number of allylic oxidation sites excluding steroid dienone is 8. The molecule has 1 heteroatoms. The Morgan fingerprint density at radius 1 is 1.26 bits per heavy atom. The third-order valence-corrected chi connectivity index (χ3v) is 11.4. The van der Waals surface area contributed by atoms with E-state index in [2.05, 4.69) is 52.0 Å². The summed E-state index contributed by atoms with van der Waals surface area (Å²) in [7, 11) is 0. The molecule has 0 spiro atoms. The molecule has 0 aromatic rings. The quantitative estimate of drug-likeness (QED) is 0.627. The Labute approximate surface area is 126 Å². The predicted octanol–water partition coefficient (Wildman–Crippen LogP) is 5.45. The second-order valence-electron chi connectivity index (χ2n) is 5.94. The molecule has 0 radical (unpaired) electrons. The third-order valence-electron chi connectivity index (χ3n) is 4.10. The van der Waals surface area contributed by atoms with E-state index in [1.165, 1.54) is 32.1 Å². The standard InChI is InChI=1S/C10H15.C5H5.C3H6.Zr/c1-3-4-7-10-8-5-6-9(10)2;1-2-4-5-3-1;1-3-2;/h6H,3-4,7-8H2,1-2H3;1-3H,4H2;1-2H3;. The predicted molar refractivity (Wildman–Crippen MR) is 83.1 cm³/mol. The van der Waals surface area contributed by atoms with Crippen molar-refractivity contribution in [2.45, 2.75) is 59.8 Å². The van der Waals surface area contributed by atoms with E-state index in [-0.39, 0.29) is 0 Å². The first-order chi connectivity index (χ1) is 9.13. The minimum absolute atomic E-state index is 1.22. The fourth-order valence-electron chi connectivity index (χ4n) is 3.10. The molecule has 0 saturated carbocycles. The number of hydrogen-bond donors (Lipinski definition) is 0. The van der Waals surface area contributed by atoms with Crippen LogP contribution >= 0.6 is 0 Å². The van der Waals surface area contributed by atoms with Crippen molar-refractivity contribution in [3.05, 3.63) is 42.0 Å². The molecule has 0 bridgehead atoms. The molecule has 2 aliphatic rings. The maximum absolute atomic E-state index is 2.55. The zero-order chi connectivity index (χ0) is 13.8. The monoisotopic (exact) mass is 332 g/mol. The molecule has 0 nitrogen and oxygen atoms in total. The van der Waals surface area contributed by atoms with Gasteiger partial charge in [0, 0.05) is 0 Å². The van der Waals surface area contributed by atoms with Crippen molar-refractivity contribution in [1.82, 2.24) is 0 Å². The van der Waals surface area contributed by atoms with Crippen LogP contribution < -0.4 is 0 Å². The van der Waals surface area contributed by atoms with Gasteiger partial charge in [-0.15, -0.1) is 0 Å². The zero-order valence-corrected chi connectivity index (χ0v) is 15.3. The topological polar surface area (TPSA) is 0 Å². The van der Waals surface area contributed by atoms with Gasteiger partial charge in [-0.1, -0.05) is 0 Å². The molecular formula is C18H26Zr. The second kappa shape index (κ2) is 6.93. The van der Waals surface area contributed by atoms with Crippen molar-refractivity contribution in [2.75, 3.05) is 0 Å². The molecule has 0 fully saturated rings. The number of unbranched alkanes of at least 4 members (excludes halogenated alkanes) is 1. The van der Waals surface area contributed by atoms with Gasteiger partial charge in [-0.25, -0.2) is 0 Å². The number of hydrogen-bond acceptors (Lipinski definition) is 0. The summed E-state index contributed by atoms with van der Waals surface area (Å²) in [5, 5.41) is 0. The normalized spacial score (nSPS) is 17.9. The molecule has 0 saturated heterocycles. The molecule has 0 aliphatic heterocycles. The van der Waals surface area contributed by atoms with Crippen LogP contribution in [0.1, 0.15) is 59.8 Å². The van der Waals surface area contributed by atoms with Gasteiger partial charge >= 0.3 is 126 Å². The summed E-state index contributed by atoms with van der Waals surface area (Å²) in [6.07, 6.45) is 16.0. The molecule has 0 atom stereocenters. The Morgan fingerprint density at radius 3 is 2.63 bits per heavy atom. The van der Waals surface area contributed by atoms with E-state index in [1.807, 2.05) is 3.28 Å². The van der Waals surface area contributed by atoms with E-state index >= 15 is 0 Å². The van der Waals surface area contributed by atoms with E-state index in [0.29, 0.717) is 0 Å². The summed E-state index contributed by atoms with van der Waals surface area (Å²) in [6, 6.07) is 0. The van der Waals surface area contributed by atoms with E-state index < -0.39 is 21.3 Å². The van der Waals surface area contributed by atoms with Gasteiger partial charge in [0.2, 0.25) is 0 Å². The van der Waals surface area contributed by atoms with Gasteiger partial charge in [-0.3, -0.25) is 0 Å². The van der Waals surface area contributed by atoms with Crippen LogP contribution in [0.15, 0.2) is 42.0 Å². The SMILES string of the molecule is CCCCC1=C(C)C=[C]([Zr]([C]2=CC=CC2)=[C](C)C)C1. The molecule has 2 aliphatic carbocycles. The van der Waals surface area contributed by atoms with Crippen molar-refractivity contribution in [2.24, 2.45) is 0 Å². The summed E-state index contributed by atoms with van der Waals surface area (Å²) in [5.41, 5.74) is 3.30. The van der Waals surface area contributed by atoms with Crippen LogP contribution in [0, 0.1) is 0 Å². The van der Waals surface area contributed by atoms with Gasteiger partial charge in [0.25, 0.3) is 0 Å². The van der Waals surface area contributed by atoms with Crippen molar-refractivity contribution < 1.29 is 21.3 Å². The molecular weight excluding hydrogens is 307 g/mol. The molecule has 0 unspecified atom stereocenters. The molecule has 102 valence electrons. The average molecular weight is 334 g/mol. The van der Waals surface area contributed by atoms with Gasteiger partial charge in [-0.05, 0) is 0 Å². The Bertz CT molecular complexity index is 506. The molecule has 0 aromatic carbocycles. The van der Waals surface area contributed by atoms with Crippen molar-refractivity contribution >= 4 is 3.21 Å². The van der Waals surface area contributed by atoms with Crippen LogP contribution in [0.5, 0.6) is 0 Å².